The minimum Gasteiger partial charge on any atom is -0.361 e. The van der Waals surface area contributed by atoms with E-state index in [0.717, 1.165) is 49.4 Å². The quantitative estimate of drug-likeness (QED) is 0.248. The zero-order chi connectivity index (χ0) is 17.2. The van der Waals surface area contributed by atoms with Crippen LogP contribution in [0.4, 0.5) is 0 Å². The number of unbranched alkanes of at least 4 members (excludes halogenated alkanes) is 1. The van der Waals surface area contributed by atoms with Crippen molar-refractivity contribution < 1.29 is 4.52 Å². The van der Waals surface area contributed by atoms with Crippen LogP contribution in [0.5, 0.6) is 0 Å². The summed E-state index contributed by atoms with van der Waals surface area (Å²) in [7, 11) is 0. The second-order valence-electron chi connectivity index (χ2n) is 6.89. The Balaban J connectivity index is 0.00000312. The Kier molecular flexibility index (Phi) is 11.2. The number of aliphatic imine (C=N–C) groups is 1. The molecule has 1 aliphatic rings. The molecule has 0 amide bonds. The van der Waals surface area contributed by atoms with Gasteiger partial charge in [-0.3, -0.25) is 4.99 Å². The van der Waals surface area contributed by atoms with Crippen LogP contribution in [-0.4, -0.2) is 30.8 Å². The number of aromatic nitrogens is 1. The zero-order valence-electron chi connectivity index (χ0n) is 16.1. The molecule has 0 aliphatic heterocycles. The van der Waals surface area contributed by atoms with Gasteiger partial charge >= 0.3 is 0 Å². The predicted molar refractivity (Wildman–Crippen MR) is 115 cm³/mol. The van der Waals surface area contributed by atoms with Crippen LogP contribution in [0.2, 0.25) is 0 Å². The summed E-state index contributed by atoms with van der Waals surface area (Å²) in [5.41, 5.74) is 2.19. The van der Waals surface area contributed by atoms with E-state index in [4.69, 9.17) is 9.52 Å². The molecule has 0 atom stereocenters. The van der Waals surface area contributed by atoms with E-state index < -0.39 is 0 Å². The number of hydrogen-bond donors (Lipinski definition) is 2. The molecule has 0 aromatic carbocycles. The number of aryl methyl sites for hydroxylation is 2. The van der Waals surface area contributed by atoms with Crippen molar-refractivity contribution in [3.8, 4) is 0 Å². The lowest BCUT2D eigenvalue weighted by atomic mass is 10.0. The fourth-order valence-electron chi connectivity index (χ4n) is 3.54. The van der Waals surface area contributed by atoms with Crippen molar-refractivity contribution in [2.75, 3.05) is 19.6 Å². The Hall–Kier alpha value is -0.790. The molecule has 25 heavy (non-hydrogen) atoms. The molecule has 144 valence electrons. The molecule has 0 spiro atoms. The monoisotopic (exact) mass is 462 g/mol. The molecule has 1 fully saturated rings. The Morgan fingerprint density at radius 3 is 2.60 bits per heavy atom. The molecular weight excluding hydrogens is 427 g/mol. The maximum atomic E-state index is 5.21. The molecule has 2 N–H and O–H groups in total. The first-order valence-corrected chi connectivity index (χ1v) is 9.64. The van der Waals surface area contributed by atoms with Crippen molar-refractivity contribution in [1.29, 1.82) is 0 Å². The highest BCUT2D eigenvalue weighted by Gasteiger charge is 2.13. The maximum absolute atomic E-state index is 5.21. The second-order valence-corrected chi connectivity index (χ2v) is 6.89. The number of rotatable bonds is 9. The average Bonchev–Trinajstić information content (AvgIpc) is 3.19. The van der Waals surface area contributed by atoms with Crippen LogP contribution in [-0.2, 0) is 6.42 Å². The van der Waals surface area contributed by atoms with Gasteiger partial charge in [0.1, 0.15) is 5.76 Å². The lowest BCUT2D eigenvalue weighted by Crippen LogP contribution is -2.38. The lowest BCUT2D eigenvalue weighted by molar-refractivity contribution is 0.392. The summed E-state index contributed by atoms with van der Waals surface area (Å²) in [5.74, 6) is 2.84. The van der Waals surface area contributed by atoms with Gasteiger partial charge < -0.3 is 15.2 Å². The van der Waals surface area contributed by atoms with E-state index >= 15 is 0 Å². The van der Waals surface area contributed by atoms with E-state index in [1.165, 1.54) is 50.5 Å². The molecule has 1 heterocycles. The van der Waals surface area contributed by atoms with E-state index in [-0.39, 0.29) is 24.0 Å². The molecule has 1 aliphatic carbocycles. The van der Waals surface area contributed by atoms with Crippen molar-refractivity contribution in [3.05, 3.63) is 17.0 Å². The number of nitrogens with one attached hydrogen (secondary N) is 2. The molecule has 1 aromatic rings. The molecule has 1 aromatic heterocycles. The fraction of sp³-hybridized carbons (Fsp3) is 0.789. The molecule has 5 nitrogen and oxygen atoms in total. The number of hydrogen-bond acceptors (Lipinski definition) is 3. The summed E-state index contributed by atoms with van der Waals surface area (Å²) in [5, 5.41) is 10.7. The first kappa shape index (κ1) is 22.3. The highest BCUT2D eigenvalue weighted by molar-refractivity contribution is 14.0. The van der Waals surface area contributed by atoms with E-state index in [9.17, 15) is 0 Å². The van der Waals surface area contributed by atoms with Crippen molar-refractivity contribution in [2.45, 2.75) is 72.1 Å². The highest BCUT2D eigenvalue weighted by Crippen LogP contribution is 2.28. The van der Waals surface area contributed by atoms with Gasteiger partial charge in [0.05, 0.1) is 5.69 Å². The van der Waals surface area contributed by atoms with Crippen LogP contribution in [0, 0.1) is 19.8 Å². The topological polar surface area (TPSA) is 62.5 Å². The molecule has 2 rings (SSSR count). The molecule has 0 unspecified atom stereocenters. The summed E-state index contributed by atoms with van der Waals surface area (Å²) < 4.78 is 5.21. The van der Waals surface area contributed by atoms with Gasteiger partial charge in [0.2, 0.25) is 0 Å². The molecule has 0 saturated heterocycles. The Bertz CT molecular complexity index is 490. The minimum atomic E-state index is 0. The van der Waals surface area contributed by atoms with Gasteiger partial charge in [-0.2, -0.15) is 0 Å². The maximum Gasteiger partial charge on any atom is 0.191 e. The minimum absolute atomic E-state index is 0. The van der Waals surface area contributed by atoms with Crippen molar-refractivity contribution in [3.63, 3.8) is 0 Å². The van der Waals surface area contributed by atoms with E-state index in [1.807, 2.05) is 13.8 Å². The molecule has 1 saturated carbocycles. The summed E-state index contributed by atoms with van der Waals surface area (Å²) >= 11 is 0. The smallest absolute Gasteiger partial charge is 0.191 e. The largest absolute Gasteiger partial charge is 0.361 e. The van der Waals surface area contributed by atoms with Crippen LogP contribution in [0.25, 0.3) is 0 Å². The molecular formula is C19H35IN4O. The number of nitrogens with zero attached hydrogens (tertiary/aromatic N) is 2. The first-order chi connectivity index (χ1) is 11.7. The number of guanidine groups is 1. The van der Waals surface area contributed by atoms with Gasteiger partial charge in [-0.1, -0.05) is 43.7 Å². The van der Waals surface area contributed by atoms with E-state index in [0.29, 0.717) is 0 Å². The molecule has 6 heteroatoms. The third kappa shape index (κ3) is 7.96. The summed E-state index contributed by atoms with van der Waals surface area (Å²) in [6.07, 6.45) is 10.6. The van der Waals surface area contributed by atoms with Crippen LogP contribution in [0.1, 0.15) is 68.9 Å². The highest BCUT2D eigenvalue weighted by atomic mass is 127. The molecule has 0 bridgehead atoms. The number of halogens is 1. The molecule has 0 radical (unpaired) electrons. The normalized spacial score (nSPS) is 15.2. The third-order valence-electron chi connectivity index (χ3n) is 4.96. The zero-order valence-corrected chi connectivity index (χ0v) is 18.4. The lowest BCUT2D eigenvalue weighted by Gasteiger charge is -2.11. The second kappa shape index (κ2) is 12.5. The van der Waals surface area contributed by atoms with Gasteiger partial charge in [-0.05, 0) is 39.5 Å². The Labute approximate surface area is 169 Å². The van der Waals surface area contributed by atoms with Gasteiger partial charge in [-0.15, -0.1) is 24.0 Å². The van der Waals surface area contributed by atoms with E-state index in [2.05, 4.69) is 22.7 Å². The van der Waals surface area contributed by atoms with Crippen LogP contribution in [0.15, 0.2) is 9.52 Å². The fourth-order valence-corrected chi connectivity index (χ4v) is 3.54. The third-order valence-corrected chi connectivity index (χ3v) is 4.96. The summed E-state index contributed by atoms with van der Waals surface area (Å²) in [6.45, 7) is 8.71. The van der Waals surface area contributed by atoms with Crippen molar-refractivity contribution >= 4 is 29.9 Å². The van der Waals surface area contributed by atoms with Crippen LogP contribution in [0.3, 0.4) is 0 Å². The summed E-state index contributed by atoms with van der Waals surface area (Å²) in [4.78, 5) is 4.70. The van der Waals surface area contributed by atoms with E-state index in [1.54, 1.807) is 0 Å². The summed E-state index contributed by atoms with van der Waals surface area (Å²) in [6, 6.07) is 0. The van der Waals surface area contributed by atoms with Gasteiger partial charge in [0.25, 0.3) is 0 Å². The van der Waals surface area contributed by atoms with Crippen LogP contribution >= 0.6 is 24.0 Å². The average molecular weight is 462 g/mol. The van der Waals surface area contributed by atoms with Gasteiger partial charge in [0.15, 0.2) is 5.96 Å². The van der Waals surface area contributed by atoms with Crippen LogP contribution < -0.4 is 10.6 Å². The van der Waals surface area contributed by atoms with Gasteiger partial charge in [0, 0.05) is 25.2 Å². The van der Waals surface area contributed by atoms with Crippen molar-refractivity contribution in [2.24, 2.45) is 10.9 Å². The van der Waals surface area contributed by atoms with Crippen molar-refractivity contribution in [1.82, 2.24) is 15.8 Å². The predicted octanol–water partition coefficient (Wildman–Crippen LogP) is 4.37. The standard InChI is InChI=1S/C19H34N4O.HI/c1-4-20-19(21-13-8-7-11-17-9-5-6-10-17)22-14-12-18-15(2)23-24-16(18)3;/h17H,4-14H2,1-3H3,(H2,20,21,22);1H. The Morgan fingerprint density at radius 2 is 1.96 bits per heavy atom. The first-order valence-electron chi connectivity index (χ1n) is 9.64. The Morgan fingerprint density at radius 1 is 1.20 bits per heavy atom. The SMILES string of the molecule is CCNC(=NCCCCC1CCCC1)NCCc1c(C)noc1C.I. The van der Waals surface area contributed by atoms with Gasteiger partial charge in [-0.25, -0.2) is 0 Å².